The SMILES string of the molecule is COCCOCCOC.[Al+3].[BH4-].[BH4-].[BH4-]. The Balaban J connectivity index is -0.0000000533. The smallest absolute Gasteiger partial charge is 0.382 e. The molecule has 0 aliphatic heterocycles. The number of hydrogen-bond donors (Lipinski definition) is 0. The van der Waals surface area contributed by atoms with E-state index >= 15 is 0 Å². The molecule has 0 aromatic rings. The first-order chi connectivity index (χ1) is 4.41. The fraction of sp³-hybridized carbons (Fsp3) is 1.00. The van der Waals surface area contributed by atoms with Crippen LogP contribution in [0.4, 0.5) is 0 Å². The molecule has 0 radical (unpaired) electrons. The molecule has 80 valence electrons. The van der Waals surface area contributed by atoms with E-state index < -0.39 is 0 Å². The van der Waals surface area contributed by atoms with Gasteiger partial charge in [0, 0.05) is 14.2 Å². The van der Waals surface area contributed by atoms with E-state index in [0.29, 0.717) is 26.4 Å². The standard InChI is InChI=1S/C6H14O3.Al.3BH4/c1-7-3-5-9-6-4-8-2;;;;/h3-6H2,1-2H3;;3*1H4/q;+3;3*-1. The van der Waals surface area contributed by atoms with Gasteiger partial charge in [-0.15, -0.1) is 0 Å². The van der Waals surface area contributed by atoms with Crippen LogP contribution in [0.25, 0.3) is 0 Å². The third kappa shape index (κ3) is 32.5. The molecular weight excluding hydrogens is 179 g/mol. The third-order valence-corrected chi connectivity index (χ3v) is 0.864. The molecule has 0 spiro atoms. The second-order valence-electron chi connectivity index (χ2n) is 1.60. The Labute approximate surface area is 97.7 Å². The van der Waals surface area contributed by atoms with Crippen molar-refractivity contribution < 1.29 is 14.2 Å². The van der Waals surface area contributed by atoms with Crippen LogP contribution in [0, 0.1) is 0 Å². The van der Waals surface area contributed by atoms with Crippen molar-refractivity contribution in [3.8, 4) is 0 Å². The number of ether oxygens (including phenoxy) is 3. The fourth-order valence-electron chi connectivity index (χ4n) is 0.387. The number of hydrogen-bond acceptors (Lipinski definition) is 3. The topological polar surface area (TPSA) is 27.7 Å². The largest absolute Gasteiger partial charge is 3.00 e. The molecule has 0 aliphatic rings. The Morgan fingerprint density at radius 3 is 1.23 bits per heavy atom. The summed E-state index contributed by atoms with van der Waals surface area (Å²) in [5, 5.41) is 0. The summed E-state index contributed by atoms with van der Waals surface area (Å²) < 4.78 is 14.6. The van der Waals surface area contributed by atoms with E-state index in [4.69, 9.17) is 14.2 Å². The summed E-state index contributed by atoms with van der Waals surface area (Å²) in [6, 6.07) is 0. The van der Waals surface area contributed by atoms with Gasteiger partial charge in [-0.25, -0.2) is 0 Å². The van der Waals surface area contributed by atoms with Gasteiger partial charge in [0.1, 0.15) is 0 Å². The number of rotatable bonds is 6. The van der Waals surface area contributed by atoms with Crippen LogP contribution in [0.1, 0.15) is 0 Å². The summed E-state index contributed by atoms with van der Waals surface area (Å²) in [5.74, 6) is 0. The molecular formula is C6H26AlB3O3. The average molecular weight is 206 g/mol. The number of methoxy groups -OCH3 is 2. The van der Waals surface area contributed by atoms with Crippen molar-refractivity contribution in [3.05, 3.63) is 0 Å². The zero-order valence-electron chi connectivity index (χ0n) is 6.63. The van der Waals surface area contributed by atoms with Crippen molar-refractivity contribution in [3.63, 3.8) is 0 Å². The van der Waals surface area contributed by atoms with E-state index in [1.54, 1.807) is 14.2 Å². The Kier molecular flexibility index (Phi) is 65.9. The van der Waals surface area contributed by atoms with Crippen molar-refractivity contribution >= 4 is 42.6 Å². The van der Waals surface area contributed by atoms with Crippen molar-refractivity contribution in [1.29, 1.82) is 0 Å². The Hall–Kier alpha value is 0.607. The molecule has 0 bridgehead atoms. The molecule has 13 heavy (non-hydrogen) atoms. The van der Waals surface area contributed by atoms with Crippen LogP contribution in [0.2, 0.25) is 0 Å². The first-order valence-electron chi connectivity index (χ1n) is 2.97. The molecule has 0 N–H and O–H groups in total. The van der Waals surface area contributed by atoms with Crippen molar-refractivity contribution in [2.24, 2.45) is 0 Å². The third-order valence-electron chi connectivity index (χ3n) is 0.864. The van der Waals surface area contributed by atoms with Crippen molar-refractivity contribution in [2.75, 3.05) is 40.6 Å². The summed E-state index contributed by atoms with van der Waals surface area (Å²) >= 11 is 0. The second kappa shape index (κ2) is 29.4. The predicted octanol–water partition coefficient (Wildman–Crippen LogP) is -4.44. The van der Waals surface area contributed by atoms with Crippen LogP contribution in [0.5, 0.6) is 0 Å². The van der Waals surface area contributed by atoms with Gasteiger partial charge in [-0.1, -0.05) is 25.2 Å². The summed E-state index contributed by atoms with van der Waals surface area (Å²) in [6.45, 7) is 2.62. The summed E-state index contributed by atoms with van der Waals surface area (Å²) in [6.07, 6.45) is 0. The quantitative estimate of drug-likeness (QED) is 0.324. The molecule has 0 unspecified atom stereocenters. The molecule has 0 saturated carbocycles. The molecule has 0 atom stereocenters. The van der Waals surface area contributed by atoms with Crippen LogP contribution in [-0.2, 0) is 14.2 Å². The van der Waals surface area contributed by atoms with Crippen LogP contribution < -0.4 is 0 Å². The predicted molar refractivity (Wildman–Crippen MR) is 74.3 cm³/mol. The second-order valence-corrected chi connectivity index (χ2v) is 1.60. The zero-order valence-corrected chi connectivity index (χ0v) is 7.79. The Morgan fingerprint density at radius 2 is 1.00 bits per heavy atom. The van der Waals surface area contributed by atoms with E-state index in [-0.39, 0.29) is 42.6 Å². The molecule has 0 rings (SSSR count). The molecule has 0 fully saturated rings. The minimum absolute atomic E-state index is 0. The van der Waals surface area contributed by atoms with Gasteiger partial charge in [0.25, 0.3) is 0 Å². The summed E-state index contributed by atoms with van der Waals surface area (Å²) in [5.41, 5.74) is 0. The van der Waals surface area contributed by atoms with Gasteiger partial charge in [0.15, 0.2) is 0 Å². The maximum absolute atomic E-state index is 5.06. The van der Waals surface area contributed by atoms with E-state index in [1.165, 1.54) is 0 Å². The van der Waals surface area contributed by atoms with E-state index in [0.717, 1.165) is 0 Å². The Bertz CT molecular complexity index is 56.4. The molecule has 0 aliphatic carbocycles. The molecule has 0 saturated heterocycles. The normalized spacial score (nSPS) is 6.92. The van der Waals surface area contributed by atoms with Crippen molar-refractivity contribution in [2.45, 2.75) is 0 Å². The van der Waals surface area contributed by atoms with E-state index in [2.05, 4.69) is 0 Å². The van der Waals surface area contributed by atoms with Gasteiger partial charge in [0.2, 0.25) is 0 Å². The van der Waals surface area contributed by atoms with E-state index in [9.17, 15) is 0 Å². The minimum atomic E-state index is 0. The molecule has 0 aromatic carbocycles. The Morgan fingerprint density at radius 1 is 0.692 bits per heavy atom. The summed E-state index contributed by atoms with van der Waals surface area (Å²) in [7, 11) is 3.30. The maximum Gasteiger partial charge on any atom is 3.00 e. The van der Waals surface area contributed by atoms with Gasteiger partial charge >= 0.3 is 17.4 Å². The first-order valence-corrected chi connectivity index (χ1v) is 2.97. The van der Waals surface area contributed by atoms with Crippen LogP contribution >= 0.6 is 0 Å². The van der Waals surface area contributed by atoms with Gasteiger partial charge in [-0.3, -0.25) is 0 Å². The maximum atomic E-state index is 5.06. The minimum Gasteiger partial charge on any atom is -0.382 e. The van der Waals surface area contributed by atoms with Crippen LogP contribution in [0.3, 0.4) is 0 Å². The summed E-state index contributed by atoms with van der Waals surface area (Å²) in [4.78, 5) is 0. The molecule has 3 nitrogen and oxygen atoms in total. The fourth-order valence-corrected chi connectivity index (χ4v) is 0.387. The van der Waals surface area contributed by atoms with Gasteiger partial charge in [0.05, 0.1) is 26.4 Å². The van der Waals surface area contributed by atoms with Gasteiger partial charge in [-0.2, -0.15) is 0 Å². The van der Waals surface area contributed by atoms with E-state index in [1.807, 2.05) is 0 Å². The zero-order chi connectivity index (χ0) is 6.95. The van der Waals surface area contributed by atoms with Crippen molar-refractivity contribution in [1.82, 2.24) is 0 Å². The van der Waals surface area contributed by atoms with Crippen LogP contribution in [-0.4, -0.2) is 83.2 Å². The monoisotopic (exact) mass is 206 g/mol. The average Bonchev–Trinajstić information content (AvgIpc) is 1.89. The van der Waals surface area contributed by atoms with Gasteiger partial charge in [-0.05, 0) is 0 Å². The molecule has 0 heterocycles. The molecule has 0 aromatic heterocycles. The van der Waals surface area contributed by atoms with Gasteiger partial charge < -0.3 is 14.2 Å². The van der Waals surface area contributed by atoms with Crippen LogP contribution in [0.15, 0.2) is 0 Å². The first kappa shape index (κ1) is 29.2. The molecule has 7 heteroatoms. The molecule has 0 amide bonds.